The van der Waals surface area contributed by atoms with Crippen LogP contribution in [0.2, 0.25) is 0 Å². The fraction of sp³-hybridized carbons (Fsp3) is 0.333. The van der Waals surface area contributed by atoms with Gasteiger partial charge in [-0.3, -0.25) is 9.38 Å². The smallest absolute Gasteiger partial charge is 0.188 e. The Bertz CT molecular complexity index is 776. The molecule has 0 aliphatic carbocycles. The van der Waals surface area contributed by atoms with Crippen molar-refractivity contribution in [3.63, 3.8) is 0 Å². The topological polar surface area (TPSA) is 80.0 Å². The Hall–Kier alpha value is -2.54. The van der Waals surface area contributed by atoms with Gasteiger partial charge in [0.25, 0.3) is 0 Å². The minimum absolute atomic E-state index is 0.397. The number of anilines is 1. The molecular weight excluding hydrogens is 278 g/mol. The van der Waals surface area contributed by atoms with E-state index in [1.54, 1.807) is 12.4 Å². The molecule has 0 aromatic carbocycles. The summed E-state index contributed by atoms with van der Waals surface area (Å²) in [5.74, 6) is 1.48. The van der Waals surface area contributed by atoms with Gasteiger partial charge in [0.15, 0.2) is 11.5 Å². The molecule has 0 bridgehead atoms. The number of aromatic nitrogens is 5. The zero-order chi connectivity index (χ0) is 14.8. The van der Waals surface area contributed by atoms with Crippen LogP contribution >= 0.6 is 0 Å². The zero-order valence-corrected chi connectivity index (χ0v) is 12.1. The molecule has 3 aromatic heterocycles. The molecule has 7 nitrogen and oxygen atoms in total. The van der Waals surface area contributed by atoms with Gasteiger partial charge in [-0.05, 0) is 31.5 Å². The van der Waals surface area contributed by atoms with Gasteiger partial charge in [-0.1, -0.05) is 6.07 Å². The lowest BCUT2D eigenvalue weighted by Gasteiger charge is -2.24. The fourth-order valence-electron chi connectivity index (χ4n) is 2.74. The third-order valence-electron chi connectivity index (χ3n) is 3.83. The summed E-state index contributed by atoms with van der Waals surface area (Å²) in [6.45, 7) is 2.05. The Morgan fingerprint density at radius 1 is 1.23 bits per heavy atom. The van der Waals surface area contributed by atoms with Crippen molar-refractivity contribution in [1.82, 2.24) is 29.9 Å². The molecule has 2 N–H and O–H groups in total. The molecule has 0 saturated carbocycles. The van der Waals surface area contributed by atoms with Crippen LogP contribution in [-0.2, 0) is 0 Å². The lowest BCUT2D eigenvalue weighted by Crippen LogP contribution is -2.38. The Morgan fingerprint density at radius 3 is 3.14 bits per heavy atom. The minimum Gasteiger partial charge on any atom is -0.365 e. The third-order valence-corrected chi connectivity index (χ3v) is 3.83. The number of fused-ring (bicyclic) bond motifs is 1. The first-order valence-corrected chi connectivity index (χ1v) is 7.49. The van der Waals surface area contributed by atoms with E-state index in [9.17, 15) is 0 Å². The third kappa shape index (κ3) is 2.50. The highest BCUT2D eigenvalue weighted by atomic mass is 15.3. The second kappa shape index (κ2) is 5.69. The second-order valence-electron chi connectivity index (χ2n) is 5.43. The maximum atomic E-state index is 4.63. The van der Waals surface area contributed by atoms with Crippen LogP contribution in [0.25, 0.3) is 17.2 Å². The van der Waals surface area contributed by atoms with E-state index in [0.717, 1.165) is 31.0 Å². The predicted molar refractivity (Wildman–Crippen MR) is 83.5 cm³/mol. The van der Waals surface area contributed by atoms with Gasteiger partial charge >= 0.3 is 0 Å². The first-order chi connectivity index (χ1) is 10.9. The molecule has 1 fully saturated rings. The highest BCUT2D eigenvalue weighted by Gasteiger charge is 2.14. The summed E-state index contributed by atoms with van der Waals surface area (Å²) in [4.78, 5) is 8.92. The van der Waals surface area contributed by atoms with Crippen molar-refractivity contribution in [2.45, 2.75) is 18.9 Å². The van der Waals surface area contributed by atoms with Crippen LogP contribution in [0.5, 0.6) is 0 Å². The number of pyridine rings is 1. The highest BCUT2D eigenvalue weighted by Crippen LogP contribution is 2.17. The van der Waals surface area contributed by atoms with Crippen LogP contribution < -0.4 is 10.6 Å². The molecule has 22 heavy (non-hydrogen) atoms. The van der Waals surface area contributed by atoms with Crippen LogP contribution in [0.4, 0.5) is 5.82 Å². The summed E-state index contributed by atoms with van der Waals surface area (Å²) in [7, 11) is 0. The first kappa shape index (κ1) is 13.1. The maximum absolute atomic E-state index is 4.63. The highest BCUT2D eigenvalue weighted by molar-refractivity contribution is 5.56. The van der Waals surface area contributed by atoms with Crippen molar-refractivity contribution in [2.75, 3.05) is 18.4 Å². The van der Waals surface area contributed by atoms with Gasteiger partial charge in [0.2, 0.25) is 0 Å². The van der Waals surface area contributed by atoms with Crippen LogP contribution in [-0.4, -0.2) is 43.7 Å². The average molecular weight is 295 g/mol. The van der Waals surface area contributed by atoms with E-state index >= 15 is 0 Å². The molecule has 1 aliphatic heterocycles. The van der Waals surface area contributed by atoms with Crippen molar-refractivity contribution in [3.8, 4) is 11.5 Å². The van der Waals surface area contributed by atoms with Crippen LogP contribution in [0.15, 0.2) is 36.8 Å². The number of hydrogen-bond donors (Lipinski definition) is 2. The molecule has 7 heteroatoms. The van der Waals surface area contributed by atoms with Crippen LogP contribution in [0.3, 0.4) is 0 Å². The largest absolute Gasteiger partial charge is 0.365 e. The summed E-state index contributed by atoms with van der Waals surface area (Å²) in [5, 5.41) is 15.2. The van der Waals surface area contributed by atoms with E-state index in [1.165, 1.54) is 6.42 Å². The van der Waals surface area contributed by atoms with E-state index in [4.69, 9.17) is 0 Å². The molecule has 0 spiro atoms. The van der Waals surface area contributed by atoms with Gasteiger partial charge in [0.1, 0.15) is 11.5 Å². The molecule has 0 unspecified atom stereocenters. The molecule has 4 rings (SSSR count). The number of hydrogen-bond acceptors (Lipinski definition) is 6. The van der Waals surface area contributed by atoms with Gasteiger partial charge < -0.3 is 10.6 Å². The van der Waals surface area contributed by atoms with E-state index in [0.29, 0.717) is 17.6 Å². The number of nitrogens with one attached hydrogen (secondary N) is 2. The SMILES string of the molecule is c1ccn2c(-c3cncc(N[C@@H]4CCCNC4)n3)nnc2c1. The van der Waals surface area contributed by atoms with Gasteiger partial charge in [-0.2, -0.15) is 0 Å². The number of nitrogens with zero attached hydrogens (tertiary/aromatic N) is 5. The molecule has 112 valence electrons. The molecule has 0 radical (unpaired) electrons. The van der Waals surface area contributed by atoms with E-state index in [2.05, 4.69) is 30.8 Å². The molecule has 1 atom stereocenters. The maximum Gasteiger partial charge on any atom is 0.188 e. The molecular formula is C15H17N7. The Morgan fingerprint density at radius 2 is 2.23 bits per heavy atom. The molecule has 3 aromatic rings. The fourth-order valence-corrected chi connectivity index (χ4v) is 2.74. The minimum atomic E-state index is 0.397. The first-order valence-electron chi connectivity index (χ1n) is 7.49. The van der Waals surface area contributed by atoms with Gasteiger partial charge in [0, 0.05) is 18.8 Å². The standard InChI is InChI=1S/C15H17N7/c1-2-7-22-14(5-1)20-21-15(22)12-9-17-10-13(19-12)18-11-4-3-6-16-8-11/h1-2,5,7,9-11,16H,3-4,6,8H2,(H,18,19)/t11-/m1/s1. The van der Waals surface area contributed by atoms with E-state index in [1.807, 2.05) is 28.8 Å². The Balaban J connectivity index is 1.63. The van der Waals surface area contributed by atoms with Crippen molar-refractivity contribution < 1.29 is 0 Å². The predicted octanol–water partition coefficient (Wildman–Crippen LogP) is 1.35. The summed E-state index contributed by atoms with van der Waals surface area (Å²) in [6.07, 6.45) is 7.72. The van der Waals surface area contributed by atoms with Crippen LogP contribution in [0.1, 0.15) is 12.8 Å². The van der Waals surface area contributed by atoms with Gasteiger partial charge in [0.05, 0.1) is 12.4 Å². The van der Waals surface area contributed by atoms with Crippen LogP contribution in [0, 0.1) is 0 Å². The lowest BCUT2D eigenvalue weighted by atomic mass is 10.1. The molecule has 4 heterocycles. The van der Waals surface area contributed by atoms with Gasteiger partial charge in [-0.15, -0.1) is 10.2 Å². The van der Waals surface area contributed by atoms with E-state index in [-0.39, 0.29) is 0 Å². The normalized spacial score (nSPS) is 18.5. The number of rotatable bonds is 3. The van der Waals surface area contributed by atoms with Crippen molar-refractivity contribution in [1.29, 1.82) is 0 Å². The summed E-state index contributed by atoms with van der Waals surface area (Å²) < 4.78 is 1.91. The lowest BCUT2D eigenvalue weighted by molar-refractivity contribution is 0.479. The summed E-state index contributed by atoms with van der Waals surface area (Å²) in [6, 6.07) is 6.20. The van der Waals surface area contributed by atoms with E-state index < -0.39 is 0 Å². The summed E-state index contributed by atoms with van der Waals surface area (Å²) in [5.41, 5.74) is 1.52. The summed E-state index contributed by atoms with van der Waals surface area (Å²) >= 11 is 0. The average Bonchev–Trinajstić information content (AvgIpc) is 3.00. The van der Waals surface area contributed by atoms with Crippen molar-refractivity contribution in [2.24, 2.45) is 0 Å². The Labute approximate surface area is 127 Å². The quantitative estimate of drug-likeness (QED) is 0.759. The molecule has 1 aliphatic rings. The molecule has 0 amide bonds. The number of piperidine rings is 1. The van der Waals surface area contributed by atoms with Crippen molar-refractivity contribution >= 4 is 11.5 Å². The monoisotopic (exact) mass is 295 g/mol. The van der Waals surface area contributed by atoms with Crippen molar-refractivity contribution in [3.05, 3.63) is 36.8 Å². The molecule has 1 saturated heterocycles. The second-order valence-corrected chi connectivity index (χ2v) is 5.43. The zero-order valence-electron chi connectivity index (χ0n) is 12.1. The van der Waals surface area contributed by atoms with Gasteiger partial charge in [-0.25, -0.2) is 4.98 Å². The Kier molecular flexibility index (Phi) is 3.40.